The molecule has 0 aliphatic carbocycles. The smallest absolute Gasteiger partial charge is 0.0520 e. The van der Waals surface area contributed by atoms with Gasteiger partial charge in [0.25, 0.3) is 0 Å². The third kappa shape index (κ3) is 4.30. The van der Waals surface area contributed by atoms with Gasteiger partial charge in [0, 0.05) is 26.3 Å². The predicted molar refractivity (Wildman–Crippen MR) is 72.4 cm³/mol. The Kier molecular flexibility index (Phi) is 5.95. The molecule has 1 fully saturated rings. The number of aromatic nitrogens is 2. The molecule has 0 bridgehead atoms. The van der Waals surface area contributed by atoms with E-state index in [0.717, 1.165) is 12.5 Å². The second-order valence-corrected chi connectivity index (χ2v) is 4.84. The number of rotatable bonds is 4. The highest BCUT2D eigenvalue weighted by molar-refractivity contribution is 5.85. The third-order valence-electron chi connectivity index (χ3n) is 3.38. The molecule has 2 rings (SSSR count). The van der Waals surface area contributed by atoms with Crippen molar-refractivity contribution in [3.63, 3.8) is 0 Å². The molecule has 0 amide bonds. The van der Waals surface area contributed by atoms with Crippen LogP contribution in [0.15, 0.2) is 12.3 Å². The molecule has 1 N–H and O–H groups in total. The van der Waals surface area contributed by atoms with Gasteiger partial charge < -0.3 is 10.2 Å². The first kappa shape index (κ1) is 14.5. The number of nitrogens with zero attached hydrogens (tertiary/aromatic N) is 3. The lowest BCUT2D eigenvalue weighted by molar-refractivity contribution is 0.230. The summed E-state index contributed by atoms with van der Waals surface area (Å²) in [7, 11) is 4.21. The first-order valence-electron chi connectivity index (χ1n) is 6.12. The molecule has 0 saturated carbocycles. The Labute approximate surface area is 110 Å². The quantitative estimate of drug-likeness (QED) is 0.883. The van der Waals surface area contributed by atoms with Gasteiger partial charge in [-0.15, -0.1) is 12.4 Å². The molecule has 1 aliphatic rings. The van der Waals surface area contributed by atoms with Crippen LogP contribution in [0, 0.1) is 5.92 Å². The van der Waals surface area contributed by atoms with E-state index in [4.69, 9.17) is 0 Å². The molecule has 0 unspecified atom stereocenters. The molecule has 0 aromatic carbocycles. The van der Waals surface area contributed by atoms with Crippen LogP contribution in [0.1, 0.15) is 18.5 Å². The van der Waals surface area contributed by atoms with E-state index in [-0.39, 0.29) is 12.4 Å². The summed E-state index contributed by atoms with van der Waals surface area (Å²) in [5.41, 5.74) is 1.29. The fraction of sp³-hybridized carbons (Fsp3) is 0.750. The Hall–Kier alpha value is -0.580. The normalized spacial score (nSPS) is 17.1. The zero-order valence-electron chi connectivity index (χ0n) is 10.7. The first-order chi connectivity index (χ1) is 7.75. The molecule has 1 saturated heterocycles. The Morgan fingerprint density at radius 2 is 2.18 bits per heavy atom. The van der Waals surface area contributed by atoms with Crippen LogP contribution in [0.3, 0.4) is 0 Å². The minimum atomic E-state index is 0. The Balaban J connectivity index is 0.00000144. The first-order valence-corrected chi connectivity index (χ1v) is 6.12. The SMILES string of the molecule is CN(Cc1ccnn1C)CC1CCNCC1.Cl. The van der Waals surface area contributed by atoms with E-state index in [1.54, 1.807) is 0 Å². The van der Waals surface area contributed by atoms with Gasteiger partial charge in [-0.3, -0.25) is 4.68 Å². The molecule has 1 aliphatic heterocycles. The lowest BCUT2D eigenvalue weighted by Gasteiger charge is -2.27. The average Bonchev–Trinajstić information content (AvgIpc) is 2.66. The van der Waals surface area contributed by atoms with Crippen LogP contribution in [-0.4, -0.2) is 41.4 Å². The van der Waals surface area contributed by atoms with Crippen molar-refractivity contribution in [3.8, 4) is 0 Å². The summed E-state index contributed by atoms with van der Waals surface area (Å²) in [4.78, 5) is 2.41. The van der Waals surface area contributed by atoms with Crippen molar-refractivity contribution in [2.24, 2.45) is 13.0 Å². The summed E-state index contributed by atoms with van der Waals surface area (Å²) >= 11 is 0. The molecule has 4 nitrogen and oxygen atoms in total. The molecule has 2 heterocycles. The molecule has 1 aromatic rings. The van der Waals surface area contributed by atoms with Gasteiger partial charge in [-0.25, -0.2) is 0 Å². The van der Waals surface area contributed by atoms with E-state index in [1.807, 2.05) is 17.9 Å². The van der Waals surface area contributed by atoms with Crippen molar-refractivity contribution in [1.82, 2.24) is 20.0 Å². The van der Waals surface area contributed by atoms with Gasteiger partial charge in [-0.05, 0) is 45.0 Å². The van der Waals surface area contributed by atoms with Gasteiger partial charge in [0.15, 0.2) is 0 Å². The number of nitrogens with one attached hydrogen (secondary N) is 1. The van der Waals surface area contributed by atoms with Gasteiger partial charge in [0.05, 0.1) is 5.69 Å². The van der Waals surface area contributed by atoms with Crippen LogP contribution in [0.2, 0.25) is 0 Å². The van der Waals surface area contributed by atoms with Crippen molar-refractivity contribution < 1.29 is 0 Å². The summed E-state index contributed by atoms with van der Waals surface area (Å²) in [5, 5.41) is 7.61. The lowest BCUT2D eigenvalue weighted by atomic mass is 9.98. The Morgan fingerprint density at radius 1 is 1.47 bits per heavy atom. The summed E-state index contributed by atoms with van der Waals surface area (Å²) in [6, 6.07) is 2.10. The average molecular weight is 259 g/mol. The molecule has 5 heteroatoms. The molecule has 0 spiro atoms. The predicted octanol–water partition coefficient (Wildman–Crippen LogP) is 1.27. The maximum Gasteiger partial charge on any atom is 0.0520 e. The van der Waals surface area contributed by atoms with E-state index in [1.165, 1.54) is 38.2 Å². The van der Waals surface area contributed by atoms with E-state index in [0.29, 0.717) is 0 Å². The van der Waals surface area contributed by atoms with Crippen molar-refractivity contribution in [1.29, 1.82) is 0 Å². The fourth-order valence-electron chi connectivity index (χ4n) is 2.40. The minimum Gasteiger partial charge on any atom is -0.317 e. The molecule has 17 heavy (non-hydrogen) atoms. The van der Waals surface area contributed by atoms with Crippen molar-refractivity contribution in [3.05, 3.63) is 18.0 Å². The monoisotopic (exact) mass is 258 g/mol. The van der Waals surface area contributed by atoms with Gasteiger partial charge in [-0.2, -0.15) is 5.10 Å². The molecule has 98 valence electrons. The van der Waals surface area contributed by atoms with Gasteiger partial charge >= 0.3 is 0 Å². The van der Waals surface area contributed by atoms with Crippen LogP contribution in [0.4, 0.5) is 0 Å². The maximum absolute atomic E-state index is 4.20. The Bertz CT molecular complexity index is 320. The standard InChI is InChI=1S/C12H22N4.ClH/c1-15(9-11-3-6-13-7-4-11)10-12-5-8-14-16(12)2;/h5,8,11,13H,3-4,6-7,9-10H2,1-2H3;1H. The second-order valence-electron chi connectivity index (χ2n) is 4.84. The zero-order valence-corrected chi connectivity index (χ0v) is 11.5. The zero-order chi connectivity index (χ0) is 11.4. The second kappa shape index (κ2) is 6.99. The summed E-state index contributed by atoms with van der Waals surface area (Å²) < 4.78 is 1.96. The topological polar surface area (TPSA) is 33.1 Å². The fourth-order valence-corrected chi connectivity index (χ4v) is 2.40. The summed E-state index contributed by atoms with van der Waals surface area (Å²) in [5.74, 6) is 0.861. The van der Waals surface area contributed by atoms with Crippen LogP contribution >= 0.6 is 12.4 Å². The highest BCUT2D eigenvalue weighted by Gasteiger charge is 2.15. The molecular formula is C12H23ClN4. The maximum atomic E-state index is 4.20. The van der Waals surface area contributed by atoms with Crippen molar-refractivity contribution in [2.75, 3.05) is 26.7 Å². The molecule has 1 aromatic heterocycles. The minimum absolute atomic E-state index is 0. The number of hydrogen-bond acceptors (Lipinski definition) is 3. The number of hydrogen-bond donors (Lipinski definition) is 1. The summed E-state index contributed by atoms with van der Waals surface area (Å²) in [6.07, 6.45) is 4.50. The lowest BCUT2D eigenvalue weighted by Crippen LogP contribution is -2.34. The largest absolute Gasteiger partial charge is 0.317 e. The van der Waals surface area contributed by atoms with Crippen molar-refractivity contribution in [2.45, 2.75) is 19.4 Å². The summed E-state index contributed by atoms with van der Waals surface area (Å²) in [6.45, 7) is 4.57. The highest BCUT2D eigenvalue weighted by Crippen LogP contribution is 2.13. The number of aryl methyl sites for hydroxylation is 1. The van der Waals surface area contributed by atoms with E-state index in [9.17, 15) is 0 Å². The van der Waals surface area contributed by atoms with E-state index in [2.05, 4.69) is 28.4 Å². The number of piperidine rings is 1. The van der Waals surface area contributed by atoms with Gasteiger partial charge in [0.1, 0.15) is 0 Å². The van der Waals surface area contributed by atoms with Crippen LogP contribution < -0.4 is 5.32 Å². The number of halogens is 1. The highest BCUT2D eigenvalue weighted by atomic mass is 35.5. The Morgan fingerprint density at radius 3 is 2.76 bits per heavy atom. The van der Waals surface area contributed by atoms with Crippen LogP contribution in [-0.2, 0) is 13.6 Å². The van der Waals surface area contributed by atoms with Crippen LogP contribution in [0.25, 0.3) is 0 Å². The van der Waals surface area contributed by atoms with Crippen LogP contribution in [0.5, 0.6) is 0 Å². The third-order valence-corrected chi connectivity index (χ3v) is 3.38. The molecule has 0 atom stereocenters. The van der Waals surface area contributed by atoms with E-state index >= 15 is 0 Å². The van der Waals surface area contributed by atoms with Gasteiger partial charge in [-0.1, -0.05) is 0 Å². The molecular weight excluding hydrogens is 236 g/mol. The molecule has 0 radical (unpaired) electrons. The van der Waals surface area contributed by atoms with Crippen molar-refractivity contribution >= 4 is 12.4 Å². The van der Waals surface area contributed by atoms with Gasteiger partial charge in [0.2, 0.25) is 0 Å². The van der Waals surface area contributed by atoms with E-state index < -0.39 is 0 Å².